The summed E-state index contributed by atoms with van der Waals surface area (Å²) in [6, 6.07) is 2.00. The van der Waals surface area contributed by atoms with Crippen molar-refractivity contribution >= 4 is 17.0 Å². The average molecular weight is 353 g/mol. The molecule has 0 bridgehead atoms. The van der Waals surface area contributed by atoms with Crippen molar-refractivity contribution in [1.29, 1.82) is 0 Å². The summed E-state index contributed by atoms with van der Waals surface area (Å²) in [5.74, 6) is 0.307. The topological polar surface area (TPSA) is 85.7 Å². The van der Waals surface area contributed by atoms with Crippen molar-refractivity contribution in [1.82, 2.24) is 24.7 Å². The first-order valence-electron chi connectivity index (χ1n) is 9.24. The number of H-pyrrole nitrogens is 1. The summed E-state index contributed by atoms with van der Waals surface area (Å²) in [7, 11) is 0. The van der Waals surface area contributed by atoms with Crippen LogP contribution in [0.2, 0.25) is 0 Å². The van der Waals surface area contributed by atoms with E-state index in [9.17, 15) is 4.79 Å². The number of aromatic nitrogens is 5. The standard InChI is InChI=1S/C19H23N5O2/c1-2-26-17(25)9-16(13-5-3-4-6-13)24-11-14(10-23-24)18-15-7-8-20-19(15)22-12-21-18/h7-8,10-13,16H,2-6,9H2,1H3,(H,20,21,22)/t16-/m1/s1. The maximum atomic E-state index is 12.1. The molecule has 1 N–H and O–H groups in total. The van der Waals surface area contributed by atoms with Gasteiger partial charge >= 0.3 is 5.97 Å². The predicted molar refractivity (Wildman–Crippen MR) is 97.4 cm³/mol. The van der Waals surface area contributed by atoms with Gasteiger partial charge in [-0.1, -0.05) is 12.8 Å². The van der Waals surface area contributed by atoms with Crippen LogP contribution in [0.3, 0.4) is 0 Å². The second kappa shape index (κ2) is 7.27. The van der Waals surface area contributed by atoms with Gasteiger partial charge in [-0.05, 0) is 31.7 Å². The summed E-state index contributed by atoms with van der Waals surface area (Å²) in [4.78, 5) is 23.9. The van der Waals surface area contributed by atoms with Crippen LogP contribution >= 0.6 is 0 Å². The van der Waals surface area contributed by atoms with Crippen LogP contribution in [-0.4, -0.2) is 37.3 Å². The second-order valence-electron chi connectivity index (χ2n) is 6.79. The second-order valence-corrected chi connectivity index (χ2v) is 6.79. The van der Waals surface area contributed by atoms with E-state index in [2.05, 4.69) is 20.1 Å². The molecule has 4 rings (SSSR count). The molecule has 1 aliphatic rings. The van der Waals surface area contributed by atoms with E-state index < -0.39 is 0 Å². The average Bonchev–Trinajstić information content (AvgIpc) is 3.40. The van der Waals surface area contributed by atoms with E-state index >= 15 is 0 Å². The fraction of sp³-hybridized carbons (Fsp3) is 0.474. The minimum Gasteiger partial charge on any atom is -0.466 e. The summed E-state index contributed by atoms with van der Waals surface area (Å²) in [6.07, 6.45) is 12.3. The lowest BCUT2D eigenvalue weighted by molar-refractivity contribution is -0.144. The zero-order valence-electron chi connectivity index (χ0n) is 14.9. The van der Waals surface area contributed by atoms with E-state index in [0.717, 1.165) is 35.1 Å². The minimum atomic E-state index is -0.156. The number of aromatic amines is 1. The first-order chi connectivity index (χ1) is 12.8. The third-order valence-corrected chi connectivity index (χ3v) is 5.19. The Hall–Kier alpha value is -2.70. The molecule has 1 saturated carbocycles. The van der Waals surface area contributed by atoms with Gasteiger partial charge in [0.1, 0.15) is 12.0 Å². The van der Waals surface area contributed by atoms with Crippen LogP contribution in [0.15, 0.2) is 31.0 Å². The Morgan fingerprint density at radius 2 is 2.23 bits per heavy atom. The Kier molecular flexibility index (Phi) is 4.69. The monoisotopic (exact) mass is 353 g/mol. The number of nitrogens with one attached hydrogen (secondary N) is 1. The van der Waals surface area contributed by atoms with E-state index in [4.69, 9.17) is 4.74 Å². The fourth-order valence-electron chi connectivity index (χ4n) is 3.95. The van der Waals surface area contributed by atoms with Crippen LogP contribution in [-0.2, 0) is 9.53 Å². The molecule has 3 heterocycles. The van der Waals surface area contributed by atoms with Gasteiger partial charge in [0.05, 0.1) is 31.0 Å². The number of nitrogens with zero attached hydrogens (tertiary/aromatic N) is 4. The summed E-state index contributed by atoms with van der Waals surface area (Å²) < 4.78 is 7.12. The molecule has 0 unspecified atom stereocenters. The van der Waals surface area contributed by atoms with Gasteiger partial charge in [0.2, 0.25) is 0 Å². The maximum absolute atomic E-state index is 12.1. The number of carbonyl (C=O) groups excluding carboxylic acids is 1. The van der Waals surface area contributed by atoms with Crippen LogP contribution in [0.4, 0.5) is 0 Å². The number of ether oxygens (including phenoxy) is 1. The number of esters is 1. The lowest BCUT2D eigenvalue weighted by Gasteiger charge is -2.23. The number of fused-ring (bicyclic) bond motifs is 1. The lowest BCUT2D eigenvalue weighted by Crippen LogP contribution is -2.22. The van der Waals surface area contributed by atoms with E-state index in [1.807, 2.05) is 36.3 Å². The summed E-state index contributed by atoms with van der Waals surface area (Å²) in [5, 5.41) is 5.55. The van der Waals surface area contributed by atoms with Gasteiger partial charge < -0.3 is 9.72 Å². The highest BCUT2D eigenvalue weighted by atomic mass is 16.5. The SMILES string of the molecule is CCOC(=O)C[C@H](C1CCCC1)n1cc(-c2ncnc3[nH]ccc23)cn1. The molecule has 0 radical (unpaired) electrons. The van der Waals surface area contributed by atoms with Crippen molar-refractivity contribution in [2.24, 2.45) is 5.92 Å². The summed E-state index contributed by atoms with van der Waals surface area (Å²) >= 11 is 0. The third kappa shape index (κ3) is 3.21. The van der Waals surface area contributed by atoms with Gasteiger partial charge in [0, 0.05) is 23.3 Å². The molecule has 1 fully saturated rings. The highest BCUT2D eigenvalue weighted by Gasteiger charge is 2.29. The molecule has 3 aromatic heterocycles. The van der Waals surface area contributed by atoms with Gasteiger partial charge in [0.15, 0.2) is 0 Å². The zero-order chi connectivity index (χ0) is 17.9. The third-order valence-electron chi connectivity index (χ3n) is 5.19. The molecule has 7 nitrogen and oxygen atoms in total. The quantitative estimate of drug-likeness (QED) is 0.686. The van der Waals surface area contributed by atoms with Crippen molar-refractivity contribution in [3.05, 3.63) is 31.0 Å². The van der Waals surface area contributed by atoms with E-state index in [-0.39, 0.29) is 12.0 Å². The molecule has 0 aromatic carbocycles. The predicted octanol–water partition coefficient (Wildman–Crippen LogP) is 3.51. The van der Waals surface area contributed by atoms with Crippen molar-refractivity contribution in [3.8, 4) is 11.3 Å². The smallest absolute Gasteiger partial charge is 0.307 e. The van der Waals surface area contributed by atoms with Crippen LogP contribution in [0.25, 0.3) is 22.3 Å². The summed E-state index contributed by atoms with van der Waals surface area (Å²) in [6.45, 7) is 2.25. The van der Waals surface area contributed by atoms with Gasteiger partial charge in [-0.2, -0.15) is 5.10 Å². The Bertz CT molecular complexity index is 894. The fourth-order valence-corrected chi connectivity index (χ4v) is 3.95. The highest BCUT2D eigenvalue weighted by molar-refractivity contribution is 5.89. The van der Waals surface area contributed by atoms with Gasteiger partial charge in [-0.3, -0.25) is 9.48 Å². The van der Waals surface area contributed by atoms with Crippen molar-refractivity contribution in [2.75, 3.05) is 6.61 Å². The molecular formula is C19H23N5O2. The molecule has 136 valence electrons. The zero-order valence-corrected chi connectivity index (χ0v) is 14.9. The normalized spacial score (nSPS) is 16.2. The summed E-state index contributed by atoms with van der Waals surface area (Å²) in [5.41, 5.74) is 2.59. The number of rotatable bonds is 6. The van der Waals surface area contributed by atoms with Crippen molar-refractivity contribution in [2.45, 2.75) is 45.1 Å². The van der Waals surface area contributed by atoms with E-state index in [1.54, 1.807) is 6.33 Å². The van der Waals surface area contributed by atoms with E-state index in [0.29, 0.717) is 18.9 Å². The van der Waals surface area contributed by atoms with Crippen molar-refractivity contribution < 1.29 is 9.53 Å². The largest absolute Gasteiger partial charge is 0.466 e. The van der Waals surface area contributed by atoms with Gasteiger partial charge in [-0.25, -0.2) is 9.97 Å². The Balaban J connectivity index is 1.65. The Morgan fingerprint density at radius 3 is 3.04 bits per heavy atom. The van der Waals surface area contributed by atoms with E-state index in [1.165, 1.54) is 12.8 Å². The van der Waals surface area contributed by atoms with Gasteiger partial charge in [-0.15, -0.1) is 0 Å². The molecule has 0 saturated heterocycles. The lowest BCUT2D eigenvalue weighted by atomic mass is 9.95. The maximum Gasteiger partial charge on any atom is 0.307 e. The molecule has 0 amide bonds. The highest BCUT2D eigenvalue weighted by Crippen LogP contribution is 2.37. The van der Waals surface area contributed by atoms with Crippen molar-refractivity contribution in [3.63, 3.8) is 0 Å². The molecule has 1 atom stereocenters. The molecule has 1 aliphatic carbocycles. The molecule has 0 spiro atoms. The van der Waals surface area contributed by atoms with Crippen LogP contribution in [0, 0.1) is 5.92 Å². The Morgan fingerprint density at radius 1 is 1.38 bits per heavy atom. The van der Waals surface area contributed by atoms with Crippen LogP contribution in [0.1, 0.15) is 45.1 Å². The number of hydrogen-bond acceptors (Lipinski definition) is 5. The first-order valence-corrected chi connectivity index (χ1v) is 9.24. The molecule has 26 heavy (non-hydrogen) atoms. The molecule has 7 heteroatoms. The number of hydrogen-bond donors (Lipinski definition) is 1. The minimum absolute atomic E-state index is 0.0360. The first kappa shape index (κ1) is 16.8. The molecule has 3 aromatic rings. The number of carbonyl (C=O) groups is 1. The Labute approximate surface area is 151 Å². The van der Waals surface area contributed by atoms with Gasteiger partial charge in [0.25, 0.3) is 0 Å². The molecular weight excluding hydrogens is 330 g/mol. The molecule has 0 aliphatic heterocycles. The van der Waals surface area contributed by atoms with Crippen LogP contribution < -0.4 is 0 Å². The van der Waals surface area contributed by atoms with Crippen LogP contribution in [0.5, 0.6) is 0 Å².